The molecule has 1 aliphatic carbocycles. The van der Waals surface area contributed by atoms with Crippen LogP contribution in [0.4, 0.5) is 0 Å². The standard InChI is InChI=1S/C9H14N4OS/c10-4-6-2-1-3-7(6)12-9(14)8-5-11-15-13-8/h5-7H,1-4,10H2,(H,12,14). The van der Waals surface area contributed by atoms with Crippen molar-refractivity contribution in [3.63, 3.8) is 0 Å². The van der Waals surface area contributed by atoms with Crippen molar-refractivity contribution in [3.05, 3.63) is 11.9 Å². The lowest BCUT2D eigenvalue weighted by Gasteiger charge is -2.18. The van der Waals surface area contributed by atoms with E-state index in [1.54, 1.807) is 0 Å². The van der Waals surface area contributed by atoms with Crippen LogP contribution in [0.15, 0.2) is 6.20 Å². The maximum atomic E-state index is 11.7. The van der Waals surface area contributed by atoms with Gasteiger partial charge < -0.3 is 11.1 Å². The summed E-state index contributed by atoms with van der Waals surface area (Å²) in [6.07, 6.45) is 4.76. The van der Waals surface area contributed by atoms with Crippen LogP contribution in [0.3, 0.4) is 0 Å². The summed E-state index contributed by atoms with van der Waals surface area (Å²) in [6.45, 7) is 0.639. The van der Waals surface area contributed by atoms with Crippen LogP contribution < -0.4 is 11.1 Å². The molecule has 0 bridgehead atoms. The molecule has 5 nitrogen and oxygen atoms in total. The Morgan fingerprint density at radius 1 is 1.67 bits per heavy atom. The molecule has 82 valence electrons. The van der Waals surface area contributed by atoms with Gasteiger partial charge in [0, 0.05) is 6.04 Å². The van der Waals surface area contributed by atoms with Crippen molar-refractivity contribution in [1.29, 1.82) is 0 Å². The highest BCUT2D eigenvalue weighted by Crippen LogP contribution is 2.24. The molecule has 6 heteroatoms. The highest BCUT2D eigenvalue weighted by molar-refractivity contribution is 6.99. The quantitative estimate of drug-likeness (QED) is 0.781. The van der Waals surface area contributed by atoms with Crippen molar-refractivity contribution in [1.82, 2.24) is 14.1 Å². The summed E-state index contributed by atoms with van der Waals surface area (Å²) in [6, 6.07) is 0.212. The summed E-state index contributed by atoms with van der Waals surface area (Å²) in [5, 5.41) is 2.97. The molecule has 1 aliphatic rings. The first-order chi connectivity index (χ1) is 7.31. The lowest BCUT2D eigenvalue weighted by molar-refractivity contribution is 0.0924. The Kier molecular flexibility index (Phi) is 3.27. The van der Waals surface area contributed by atoms with Gasteiger partial charge in [-0.25, -0.2) is 0 Å². The van der Waals surface area contributed by atoms with Gasteiger partial charge in [0.15, 0.2) is 5.69 Å². The predicted octanol–water partition coefficient (Wildman–Crippen LogP) is 0.395. The molecule has 15 heavy (non-hydrogen) atoms. The fourth-order valence-corrected chi connectivity index (χ4v) is 2.43. The number of hydrogen-bond donors (Lipinski definition) is 2. The smallest absolute Gasteiger partial charge is 0.272 e. The monoisotopic (exact) mass is 226 g/mol. The van der Waals surface area contributed by atoms with E-state index in [2.05, 4.69) is 14.1 Å². The largest absolute Gasteiger partial charge is 0.348 e. The summed E-state index contributed by atoms with van der Waals surface area (Å²) >= 11 is 1.05. The van der Waals surface area contributed by atoms with Gasteiger partial charge in [-0.2, -0.15) is 8.75 Å². The number of hydrogen-bond acceptors (Lipinski definition) is 5. The summed E-state index contributed by atoms with van der Waals surface area (Å²) in [4.78, 5) is 11.7. The van der Waals surface area contributed by atoms with Crippen LogP contribution in [0.2, 0.25) is 0 Å². The highest BCUT2D eigenvalue weighted by atomic mass is 32.1. The fourth-order valence-electron chi connectivity index (χ4n) is 2.02. The summed E-state index contributed by atoms with van der Waals surface area (Å²) < 4.78 is 7.70. The third-order valence-corrected chi connectivity index (χ3v) is 3.35. The maximum absolute atomic E-state index is 11.7. The molecule has 0 aliphatic heterocycles. The molecule has 1 aromatic heterocycles. The van der Waals surface area contributed by atoms with Crippen LogP contribution in [0, 0.1) is 5.92 Å². The van der Waals surface area contributed by atoms with Crippen molar-refractivity contribution >= 4 is 17.6 Å². The average Bonchev–Trinajstić information content (AvgIpc) is 2.87. The Morgan fingerprint density at radius 3 is 3.20 bits per heavy atom. The van der Waals surface area contributed by atoms with Crippen molar-refractivity contribution in [3.8, 4) is 0 Å². The van der Waals surface area contributed by atoms with E-state index in [4.69, 9.17) is 5.73 Å². The SMILES string of the molecule is NCC1CCCC1NC(=O)c1cnsn1. The van der Waals surface area contributed by atoms with Crippen molar-refractivity contribution < 1.29 is 4.79 Å². The second-order valence-corrected chi connectivity index (χ2v) is 4.36. The number of nitrogens with one attached hydrogen (secondary N) is 1. The van der Waals surface area contributed by atoms with E-state index in [0.29, 0.717) is 18.2 Å². The molecule has 0 saturated heterocycles. The second-order valence-electron chi connectivity index (χ2n) is 3.80. The summed E-state index contributed by atoms with van der Waals surface area (Å²) in [5.74, 6) is 0.287. The molecule has 3 N–H and O–H groups in total. The molecule has 1 heterocycles. The first kappa shape index (κ1) is 10.5. The van der Waals surface area contributed by atoms with Gasteiger partial charge in [-0.15, -0.1) is 0 Å². The van der Waals surface area contributed by atoms with Gasteiger partial charge in [0.1, 0.15) is 0 Å². The predicted molar refractivity (Wildman–Crippen MR) is 57.6 cm³/mol. The molecule has 0 radical (unpaired) electrons. The molecule has 1 aromatic rings. The highest BCUT2D eigenvalue weighted by Gasteiger charge is 2.27. The molecule has 1 fully saturated rings. The molecular formula is C9H14N4OS. The minimum absolute atomic E-state index is 0.130. The number of carbonyl (C=O) groups excluding carboxylic acids is 1. The summed E-state index contributed by atoms with van der Waals surface area (Å²) in [5.41, 5.74) is 6.05. The van der Waals surface area contributed by atoms with E-state index < -0.39 is 0 Å². The zero-order valence-electron chi connectivity index (χ0n) is 8.35. The van der Waals surface area contributed by atoms with Gasteiger partial charge in [-0.05, 0) is 25.3 Å². The Bertz CT molecular complexity index is 327. The van der Waals surface area contributed by atoms with E-state index in [1.807, 2.05) is 0 Å². The van der Waals surface area contributed by atoms with Gasteiger partial charge in [0.05, 0.1) is 17.9 Å². The Hall–Kier alpha value is -1.01. The van der Waals surface area contributed by atoms with Gasteiger partial charge in [-0.1, -0.05) is 6.42 Å². The number of aromatic nitrogens is 2. The van der Waals surface area contributed by atoms with Crippen molar-refractivity contribution in [2.45, 2.75) is 25.3 Å². The number of nitrogens with zero attached hydrogens (tertiary/aromatic N) is 2. The van der Waals surface area contributed by atoms with Crippen LogP contribution in [-0.4, -0.2) is 27.2 Å². The summed E-state index contributed by atoms with van der Waals surface area (Å²) in [7, 11) is 0. The fraction of sp³-hybridized carbons (Fsp3) is 0.667. The third-order valence-electron chi connectivity index (χ3n) is 2.87. The zero-order chi connectivity index (χ0) is 10.7. The number of rotatable bonds is 3. The average molecular weight is 226 g/mol. The molecule has 2 unspecified atom stereocenters. The number of amides is 1. The van der Waals surface area contributed by atoms with Crippen molar-refractivity contribution in [2.75, 3.05) is 6.54 Å². The topological polar surface area (TPSA) is 80.9 Å². The lowest BCUT2D eigenvalue weighted by atomic mass is 10.0. The van der Waals surface area contributed by atoms with Crippen LogP contribution in [0.1, 0.15) is 29.8 Å². The minimum atomic E-state index is -0.130. The van der Waals surface area contributed by atoms with Crippen LogP contribution in [0.5, 0.6) is 0 Å². The molecule has 2 rings (SSSR count). The molecular weight excluding hydrogens is 212 g/mol. The van der Waals surface area contributed by atoms with E-state index >= 15 is 0 Å². The van der Waals surface area contributed by atoms with E-state index in [0.717, 1.165) is 31.0 Å². The molecule has 0 aromatic carbocycles. The maximum Gasteiger partial charge on any atom is 0.272 e. The Labute approximate surface area is 92.4 Å². The van der Waals surface area contributed by atoms with E-state index in [1.165, 1.54) is 6.20 Å². The normalized spacial score (nSPS) is 25.4. The Balaban J connectivity index is 1.94. The van der Waals surface area contributed by atoms with Crippen LogP contribution in [-0.2, 0) is 0 Å². The Morgan fingerprint density at radius 2 is 2.53 bits per heavy atom. The van der Waals surface area contributed by atoms with Gasteiger partial charge in [0.2, 0.25) is 0 Å². The van der Waals surface area contributed by atoms with E-state index in [-0.39, 0.29) is 11.9 Å². The molecule has 1 saturated carbocycles. The van der Waals surface area contributed by atoms with Crippen LogP contribution in [0.25, 0.3) is 0 Å². The van der Waals surface area contributed by atoms with Gasteiger partial charge >= 0.3 is 0 Å². The second kappa shape index (κ2) is 4.67. The zero-order valence-corrected chi connectivity index (χ0v) is 9.17. The number of nitrogens with two attached hydrogens (primary N) is 1. The molecule has 1 amide bonds. The van der Waals surface area contributed by atoms with Crippen molar-refractivity contribution in [2.24, 2.45) is 11.7 Å². The lowest BCUT2D eigenvalue weighted by Crippen LogP contribution is -2.39. The first-order valence-electron chi connectivity index (χ1n) is 5.09. The first-order valence-corrected chi connectivity index (χ1v) is 5.83. The van der Waals surface area contributed by atoms with Gasteiger partial charge in [0.25, 0.3) is 5.91 Å². The molecule has 2 atom stereocenters. The number of carbonyl (C=O) groups is 1. The van der Waals surface area contributed by atoms with E-state index in [9.17, 15) is 4.79 Å². The van der Waals surface area contributed by atoms with Gasteiger partial charge in [-0.3, -0.25) is 4.79 Å². The van der Waals surface area contributed by atoms with Crippen LogP contribution >= 0.6 is 11.7 Å². The molecule has 0 spiro atoms. The third kappa shape index (κ3) is 2.32. The minimum Gasteiger partial charge on any atom is -0.348 e.